The molecule has 2 aromatic rings. The quantitative estimate of drug-likeness (QED) is 0.701. The van der Waals surface area contributed by atoms with Gasteiger partial charge in [-0.3, -0.25) is 4.57 Å². The molecule has 2 aromatic heterocycles. The van der Waals surface area contributed by atoms with E-state index in [2.05, 4.69) is 26.2 Å². The van der Waals surface area contributed by atoms with Gasteiger partial charge < -0.3 is 20.3 Å². The van der Waals surface area contributed by atoms with Crippen LogP contribution in [0, 0.1) is 18.3 Å². The van der Waals surface area contributed by atoms with Crippen molar-refractivity contribution in [2.45, 2.75) is 50.2 Å². The smallest absolute Gasteiger partial charge is 0.167 e. The van der Waals surface area contributed by atoms with Gasteiger partial charge in [0, 0.05) is 6.54 Å². The molecule has 1 saturated carbocycles. The van der Waals surface area contributed by atoms with Crippen LogP contribution in [0.3, 0.4) is 0 Å². The van der Waals surface area contributed by atoms with Crippen molar-refractivity contribution in [1.29, 1.82) is 0 Å². The van der Waals surface area contributed by atoms with E-state index in [0.29, 0.717) is 22.9 Å². The normalized spacial score (nSPS) is 30.0. The van der Waals surface area contributed by atoms with Gasteiger partial charge in [0.2, 0.25) is 0 Å². The first-order valence-electron chi connectivity index (χ1n) is 8.58. The highest BCUT2D eigenvalue weighted by molar-refractivity contribution is 5.82. The monoisotopic (exact) mass is 343 g/mol. The third-order valence-corrected chi connectivity index (χ3v) is 5.07. The molecule has 132 valence electrons. The summed E-state index contributed by atoms with van der Waals surface area (Å²) in [7, 11) is 0. The summed E-state index contributed by atoms with van der Waals surface area (Å²) < 4.78 is 7.16. The van der Waals surface area contributed by atoms with Gasteiger partial charge in [-0.25, -0.2) is 15.0 Å². The lowest BCUT2D eigenvalue weighted by Crippen LogP contribution is -2.30. The summed E-state index contributed by atoms with van der Waals surface area (Å²) in [5.41, 5.74) is 1.13. The van der Waals surface area contributed by atoms with Gasteiger partial charge >= 0.3 is 0 Å². The number of aliphatic hydroxyl groups excluding tert-OH is 2. The molecule has 4 atom stereocenters. The van der Waals surface area contributed by atoms with E-state index in [1.54, 1.807) is 4.57 Å². The number of anilines is 1. The van der Waals surface area contributed by atoms with Crippen molar-refractivity contribution in [1.82, 2.24) is 19.5 Å². The van der Waals surface area contributed by atoms with E-state index in [1.807, 2.05) is 0 Å². The van der Waals surface area contributed by atoms with Gasteiger partial charge in [0.1, 0.15) is 24.6 Å². The minimum absolute atomic E-state index is 0.526. The molecule has 8 nitrogen and oxygen atoms in total. The van der Waals surface area contributed by atoms with E-state index in [0.717, 1.165) is 6.54 Å². The van der Waals surface area contributed by atoms with Crippen molar-refractivity contribution >= 4 is 17.0 Å². The lowest BCUT2D eigenvalue weighted by atomic mass is 10.1. The molecule has 0 bridgehead atoms. The number of hydrogen-bond donors (Lipinski definition) is 3. The Labute approximate surface area is 145 Å². The van der Waals surface area contributed by atoms with Gasteiger partial charge in [-0.15, -0.1) is 6.42 Å². The molecule has 8 heteroatoms. The maximum atomic E-state index is 10.2. The summed E-state index contributed by atoms with van der Waals surface area (Å²) in [6.07, 6.45) is 9.37. The van der Waals surface area contributed by atoms with E-state index in [9.17, 15) is 10.2 Å². The molecule has 1 aliphatic heterocycles. The summed E-state index contributed by atoms with van der Waals surface area (Å²) in [6.45, 7) is 0.861. The maximum Gasteiger partial charge on any atom is 0.167 e. The second kappa shape index (κ2) is 6.59. The zero-order chi connectivity index (χ0) is 17.4. The van der Waals surface area contributed by atoms with E-state index in [-0.39, 0.29) is 0 Å². The van der Waals surface area contributed by atoms with Crippen LogP contribution in [0.5, 0.6) is 0 Å². The minimum atomic E-state index is -1.15. The van der Waals surface area contributed by atoms with Crippen molar-refractivity contribution < 1.29 is 14.9 Å². The molecule has 2 fully saturated rings. The second-order valence-corrected chi connectivity index (χ2v) is 6.67. The average Bonchev–Trinajstić information content (AvgIpc) is 3.34. The first kappa shape index (κ1) is 16.3. The van der Waals surface area contributed by atoms with Crippen LogP contribution in [0.1, 0.15) is 31.9 Å². The van der Waals surface area contributed by atoms with Crippen molar-refractivity contribution in [3.63, 3.8) is 0 Å². The molecule has 1 saturated heterocycles. The largest absolute Gasteiger partial charge is 0.386 e. The van der Waals surface area contributed by atoms with Crippen molar-refractivity contribution in [2.24, 2.45) is 5.92 Å². The van der Waals surface area contributed by atoms with Gasteiger partial charge in [-0.2, -0.15) is 0 Å². The van der Waals surface area contributed by atoms with Crippen LogP contribution in [-0.2, 0) is 4.74 Å². The number of terminal acetylenes is 1. The number of rotatable bonds is 4. The molecule has 3 N–H and O–H groups in total. The molecular formula is C17H21N5O3. The van der Waals surface area contributed by atoms with Crippen LogP contribution in [-0.4, -0.2) is 54.6 Å². The van der Waals surface area contributed by atoms with E-state index < -0.39 is 24.5 Å². The lowest BCUT2D eigenvalue weighted by molar-refractivity contribution is -0.0230. The number of imidazole rings is 1. The van der Waals surface area contributed by atoms with Crippen molar-refractivity contribution in [2.75, 3.05) is 11.9 Å². The van der Waals surface area contributed by atoms with Gasteiger partial charge in [-0.1, -0.05) is 18.8 Å². The van der Waals surface area contributed by atoms with Crippen LogP contribution in [0.25, 0.3) is 11.2 Å². The summed E-state index contributed by atoms with van der Waals surface area (Å²) >= 11 is 0. The highest BCUT2D eigenvalue weighted by Gasteiger charge is 2.43. The first-order valence-corrected chi connectivity index (χ1v) is 8.58. The Morgan fingerprint density at radius 3 is 2.76 bits per heavy atom. The number of hydrogen-bond acceptors (Lipinski definition) is 7. The zero-order valence-electron chi connectivity index (χ0n) is 13.7. The van der Waals surface area contributed by atoms with Crippen LogP contribution in [0.2, 0.25) is 0 Å². The van der Waals surface area contributed by atoms with Gasteiger partial charge in [0.25, 0.3) is 0 Å². The van der Waals surface area contributed by atoms with Gasteiger partial charge in [0.05, 0.1) is 6.33 Å². The summed E-state index contributed by atoms with van der Waals surface area (Å²) in [5, 5.41) is 23.6. The Morgan fingerprint density at radius 2 is 2.04 bits per heavy atom. The topological polar surface area (TPSA) is 105 Å². The fraction of sp³-hybridized carbons (Fsp3) is 0.588. The van der Waals surface area contributed by atoms with Crippen LogP contribution in [0.4, 0.5) is 5.82 Å². The van der Waals surface area contributed by atoms with Crippen molar-refractivity contribution in [3.8, 4) is 12.3 Å². The Balaban J connectivity index is 1.59. The summed E-state index contributed by atoms with van der Waals surface area (Å²) in [5.74, 6) is 3.67. The minimum Gasteiger partial charge on any atom is -0.386 e. The third kappa shape index (κ3) is 2.84. The molecular weight excluding hydrogens is 322 g/mol. The molecule has 4 unspecified atom stereocenters. The lowest BCUT2D eigenvalue weighted by Gasteiger charge is -2.16. The Hall–Kier alpha value is -2.21. The van der Waals surface area contributed by atoms with Crippen LogP contribution < -0.4 is 5.32 Å². The molecule has 2 aliphatic rings. The number of nitrogens with one attached hydrogen (secondary N) is 1. The van der Waals surface area contributed by atoms with Crippen LogP contribution in [0.15, 0.2) is 12.7 Å². The SMILES string of the molecule is C#CC1OC(n2cnc3c(NCC4CCCC4)ncnc32)C(O)C1O. The Kier molecular flexibility index (Phi) is 4.29. The van der Waals surface area contributed by atoms with Crippen LogP contribution >= 0.6 is 0 Å². The molecule has 0 radical (unpaired) electrons. The Bertz CT molecular complexity index is 795. The Morgan fingerprint density at radius 1 is 1.24 bits per heavy atom. The van der Waals surface area contributed by atoms with E-state index in [4.69, 9.17) is 11.2 Å². The molecule has 1 aliphatic carbocycles. The molecule has 4 rings (SSSR count). The van der Waals surface area contributed by atoms with E-state index >= 15 is 0 Å². The number of ether oxygens (including phenoxy) is 1. The average molecular weight is 343 g/mol. The predicted octanol–water partition coefficient (Wildman–Crippen LogP) is 0.681. The predicted molar refractivity (Wildman–Crippen MR) is 90.5 cm³/mol. The maximum absolute atomic E-state index is 10.2. The van der Waals surface area contributed by atoms with Crippen molar-refractivity contribution in [3.05, 3.63) is 12.7 Å². The summed E-state index contributed by atoms with van der Waals surface area (Å²) in [4.78, 5) is 12.9. The fourth-order valence-electron chi connectivity index (χ4n) is 3.65. The number of fused-ring (bicyclic) bond motifs is 1. The molecule has 3 heterocycles. The molecule has 0 aromatic carbocycles. The molecule has 0 amide bonds. The molecule has 0 spiro atoms. The van der Waals surface area contributed by atoms with Gasteiger partial charge in [-0.05, 0) is 18.8 Å². The van der Waals surface area contributed by atoms with E-state index in [1.165, 1.54) is 38.3 Å². The summed E-state index contributed by atoms with van der Waals surface area (Å²) in [6, 6.07) is 0. The van der Waals surface area contributed by atoms with Gasteiger partial charge in [0.15, 0.2) is 23.2 Å². The number of aromatic nitrogens is 4. The highest BCUT2D eigenvalue weighted by atomic mass is 16.6. The highest BCUT2D eigenvalue weighted by Crippen LogP contribution is 2.32. The second-order valence-electron chi connectivity index (χ2n) is 6.67. The molecule has 25 heavy (non-hydrogen) atoms. The fourth-order valence-corrected chi connectivity index (χ4v) is 3.65. The third-order valence-electron chi connectivity index (χ3n) is 5.07. The number of nitrogens with zero attached hydrogens (tertiary/aromatic N) is 4. The first-order chi connectivity index (χ1) is 12.2. The number of aliphatic hydroxyl groups is 2. The zero-order valence-corrected chi connectivity index (χ0v) is 13.7. The standard InChI is InChI=1S/C17H21N5O3/c1-2-11-13(23)14(24)17(25-11)22-9-21-12-15(19-8-20-16(12)22)18-7-10-5-3-4-6-10/h1,8-11,13-14,17,23-24H,3-7H2,(H,18,19,20).